The van der Waals surface area contributed by atoms with Crippen molar-refractivity contribution in [2.45, 2.75) is 26.4 Å². The van der Waals surface area contributed by atoms with Gasteiger partial charge in [0.25, 0.3) is 5.91 Å². The predicted octanol–water partition coefficient (Wildman–Crippen LogP) is 5.45. The lowest BCUT2D eigenvalue weighted by Crippen LogP contribution is -2.14. The highest BCUT2D eigenvalue weighted by atomic mass is 35.5. The molecule has 10 heteroatoms. The van der Waals surface area contributed by atoms with Gasteiger partial charge < -0.3 is 10.6 Å². The van der Waals surface area contributed by atoms with Crippen molar-refractivity contribution >= 4 is 34.8 Å². The van der Waals surface area contributed by atoms with Gasteiger partial charge in [-0.05, 0) is 43.3 Å². The van der Waals surface area contributed by atoms with Gasteiger partial charge in [0.15, 0.2) is 0 Å². The molecule has 0 bridgehead atoms. The number of rotatable bonds is 5. The average molecular weight is 451 g/mol. The van der Waals surface area contributed by atoms with E-state index in [1.807, 2.05) is 0 Å². The molecule has 3 rings (SSSR count). The Morgan fingerprint density at radius 1 is 1.13 bits per heavy atom. The molecule has 1 aromatic heterocycles. The van der Waals surface area contributed by atoms with E-state index in [4.69, 9.17) is 11.6 Å². The summed E-state index contributed by atoms with van der Waals surface area (Å²) < 4.78 is 40.3. The number of hydrogen-bond acceptors (Lipinski definition) is 3. The minimum Gasteiger partial charge on any atom is -0.326 e. The molecule has 162 valence electrons. The molecular weight excluding hydrogens is 433 g/mol. The summed E-state index contributed by atoms with van der Waals surface area (Å²) in [6.45, 7) is 3.28. The van der Waals surface area contributed by atoms with E-state index in [1.54, 1.807) is 19.9 Å². The molecule has 0 spiro atoms. The van der Waals surface area contributed by atoms with Crippen molar-refractivity contribution in [1.82, 2.24) is 9.78 Å². The van der Waals surface area contributed by atoms with Crippen LogP contribution in [0.2, 0.25) is 5.02 Å². The molecule has 2 amide bonds. The lowest BCUT2D eigenvalue weighted by Gasteiger charge is -2.11. The number of anilines is 2. The van der Waals surface area contributed by atoms with Crippen LogP contribution in [0.25, 0.3) is 5.69 Å². The predicted molar refractivity (Wildman–Crippen MR) is 112 cm³/mol. The molecule has 2 aromatic carbocycles. The summed E-state index contributed by atoms with van der Waals surface area (Å²) in [6, 6.07) is 9.30. The Balaban J connectivity index is 1.86. The highest BCUT2D eigenvalue weighted by Gasteiger charge is 2.30. The lowest BCUT2D eigenvalue weighted by atomic mass is 10.2. The van der Waals surface area contributed by atoms with Crippen LogP contribution in [0.5, 0.6) is 0 Å². The summed E-state index contributed by atoms with van der Waals surface area (Å²) in [7, 11) is 0. The average Bonchev–Trinajstić information content (AvgIpc) is 3.11. The molecule has 3 aromatic rings. The number of benzene rings is 2. The largest absolute Gasteiger partial charge is 0.416 e. The first-order valence-corrected chi connectivity index (χ1v) is 9.61. The Hall–Kier alpha value is -3.33. The standard InChI is InChI=1S/C21H18ClF3N4O2/c1-3-19(30)27-14-7-8-17(22)18(10-14)28-20(31)16-11-26-29(12(16)2)15-6-4-5-13(9-15)21(23,24)25/h4-11H,3H2,1-2H3,(H,27,30)(H,28,31). The topological polar surface area (TPSA) is 76.0 Å². The molecule has 2 N–H and O–H groups in total. The highest BCUT2D eigenvalue weighted by molar-refractivity contribution is 6.34. The number of carbonyl (C=O) groups excluding carboxylic acids is 2. The summed E-state index contributed by atoms with van der Waals surface area (Å²) in [5, 5.41) is 9.63. The second kappa shape index (κ2) is 8.81. The first kappa shape index (κ1) is 22.4. The Kier molecular flexibility index (Phi) is 6.35. The quantitative estimate of drug-likeness (QED) is 0.542. The van der Waals surface area contributed by atoms with Gasteiger partial charge in [0.05, 0.1) is 39.4 Å². The molecule has 0 saturated carbocycles. The van der Waals surface area contributed by atoms with Crippen LogP contribution in [-0.4, -0.2) is 21.6 Å². The number of alkyl halides is 3. The van der Waals surface area contributed by atoms with Crippen molar-refractivity contribution in [2.75, 3.05) is 10.6 Å². The first-order chi connectivity index (χ1) is 14.6. The van der Waals surface area contributed by atoms with Gasteiger partial charge >= 0.3 is 6.18 Å². The first-order valence-electron chi connectivity index (χ1n) is 9.23. The van der Waals surface area contributed by atoms with Crippen LogP contribution in [0.4, 0.5) is 24.5 Å². The lowest BCUT2D eigenvalue weighted by molar-refractivity contribution is -0.137. The maximum atomic E-state index is 13.0. The minimum absolute atomic E-state index is 0.163. The van der Waals surface area contributed by atoms with Crippen LogP contribution in [-0.2, 0) is 11.0 Å². The highest BCUT2D eigenvalue weighted by Crippen LogP contribution is 2.31. The van der Waals surface area contributed by atoms with Crippen molar-refractivity contribution < 1.29 is 22.8 Å². The van der Waals surface area contributed by atoms with Crippen molar-refractivity contribution in [3.63, 3.8) is 0 Å². The van der Waals surface area contributed by atoms with Crippen LogP contribution in [0, 0.1) is 6.92 Å². The van der Waals surface area contributed by atoms with Gasteiger partial charge in [-0.2, -0.15) is 18.3 Å². The Bertz CT molecular complexity index is 1140. The molecule has 0 radical (unpaired) electrons. The second-order valence-electron chi connectivity index (χ2n) is 6.65. The van der Waals surface area contributed by atoms with Gasteiger partial charge in [0, 0.05) is 12.1 Å². The van der Waals surface area contributed by atoms with E-state index in [2.05, 4.69) is 15.7 Å². The number of halogens is 4. The number of amides is 2. The van der Waals surface area contributed by atoms with E-state index in [9.17, 15) is 22.8 Å². The van der Waals surface area contributed by atoms with Crippen molar-refractivity contribution in [2.24, 2.45) is 0 Å². The van der Waals surface area contributed by atoms with E-state index in [1.165, 1.54) is 35.1 Å². The maximum Gasteiger partial charge on any atom is 0.416 e. The molecular formula is C21H18ClF3N4O2. The monoisotopic (exact) mass is 450 g/mol. The zero-order valence-electron chi connectivity index (χ0n) is 16.5. The number of nitrogens with one attached hydrogen (secondary N) is 2. The third-order valence-corrected chi connectivity index (χ3v) is 4.82. The molecule has 0 unspecified atom stereocenters. The summed E-state index contributed by atoms with van der Waals surface area (Å²) in [4.78, 5) is 24.3. The molecule has 0 aliphatic heterocycles. The fourth-order valence-electron chi connectivity index (χ4n) is 2.84. The minimum atomic E-state index is -4.49. The molecule has 0 aliphatic rings. The Morgan fingerprint density at radius 3 is 2.55 bits per heavy atom. The fraction of sp³-hybridized carbons (Fsp3) is 0.190. The van der Waals surface area contributed by atoms with Crippen LogP contribution < -0.4 is 10.6 Å². The molecule has 0 fully saturated rings. The smallest absolute Gasteiger partial charge is 0.326 e. The van der Waals surface area contributed by atoms with E-state index >= 15 is 0 Å². The van der Waals surface area contributed by atoms with Gasteiger partial charge in [-0.3, -0.25) is 9.59 Å². The van der Waals surface area contributed by atoms with Crippen molar-refractivity contribution in [3.05, 3.63) is 70.5 Å². The van der Waals surface area contributed by atoms with Crippen LogP contribution >= 0.6 is 11.6 Å². The molecule has 31 heavy (non-hydrogen) atoms. The van der Waals surface area contributed by atoms with Gasteiger partial charge in [0.1, 0.15) is 0 Å². The van der Waals surface area contributed by atoms with Gasteiger partial charge in [-0.25, -0.2) is 4.68 Å². The molecule has 0 atom stereocenters. The van der Waals surface area contributed by atoms with Gasteiger partial charge in [0.2, 0.25) is 5.91 Å². The van der Waals surface area contributed by atoms with Gasteiger partial charge in [-0.15, -0.1) is 0 Å². The van der Waals surface area contributed by atoms with Crippen molar-refractivity contribution in [3.8, 4) is 5.69 Å². The Morgan fingerprint density at radius 2 is 1.87 bits per heavy atom. The summed E-state index contributed by atoms with van der Waals surface area (Å²) in [5.41, 5.74) is 0.604. The summed E-state index contributed by atoms with van der Waals surface area (Å²) in [6.07, 6.45) is -2.94. The number of carbonyl (C=O) groups is 2. The van der Waals surface area contributed by atoms with E-state index in [0.717, 1.165) is 12.1 Å². The number of aromatic nitrogens is 2. The zero-order valence-corrected chi connectivity index (χ0v) is 17.3. The van der Waals surface area contributed by atoms with E-state index < -0.39 is 17.6 Å². The second-order valence-corrected chi connectivity index (χ2v) is 7.06. The molecule has 0 aliphatic carbocycles. The normalized spacial score (nSPS) is 11.3. The maximum absolute atomic E-state index is 13.0. The van der Waals surface area contributed by atoms with Crippen LogP contribution in [0.15, 0.2) is 48.7 Å². The third-order valence-electron chi connectivity index (χ3n) is 4.49. The van der Waals surface area contributed by atoms with Crippen LogP contribution in [0.1, 0.15) is 35.0 Å². The molecule has 0 saturated heterocycles. The Labute approximate surface area is 181 Å². The van der Waals surface area contributed by atoms with Gasteiger partial charge in [-0.1, -0.05) is 24.6 Å². The molecule has 6 nitrogen and oxygen atoms in total. The van der Waals surface area contributed by atoms with Crippen LogP contribution in [0.3, 0.4) is 0 Å². The zero-order chi connectivity index (χ0) is 22.8. The fourth-order valence-corrected chi connectivity index (χ4v) is 3.01. The number of nitrogens with zero attached hydrogens (tertiary/aromatic N) is 2. The number of hydrogen-bond donors (Lipinski definition) is 2. The molecule has 1 heterocycles. The SMILES string of the molecule is CCC(=O)Nc1ccc(Cl)c(NC(=O)c2cnn(-c3cccc(C(F)(F)F)c3)c2C)c1. The summed E-state index contributed by atoms with van der Waals surface area (Å²) >= 11 is 6.14. The van der Waals surface area contributed by atoms with E-state index in [-0.39, 0.29) is 34.3 Å². The van der Waals surface area contributed by atoms with E-state index in [0.29, 0.717) is 11.4 Å². The third kappa shape index (κ3) is 5.05. The van der Waals surface area contributed by atoms with Crippen molar-refractivity contribution in [1.29, 1.82) is 0 Å². The summed E-state index contributed by atoms with van der Waals surface area (Å²) in [5.74, 6) is -0.741.